The van der Waals surface area contributed by atoms with Crippen LogP contribution in [0.5, 0.6) is 0 Å². The first-order valence-electron chi connectivity index (χ1n) is 13.2. The molecule has 3 aromatic rings. The van der Waals surface area contributed by atoms with E-state index in [-0.39, 0.29) is 0 Å². The SMILES string of the molecule is [2H]c1c(C)[n+](C)c(-c2cc(C)cc(C)c2C)c2cc(C)c(C34CC5CC(CC(C5)C3)C4)cc12. The zero-order chi connectivity index (χ0) is 23.2. The smallest absolute Gasteiger partial charge is 0.198 e. The first-order valence-corrected chi connectivity index (χ1v) is 12.7. The highest BCUT2D eigenvalue weighted by Gasteiger charge is 2.52. The van der Waals surface area contributed by atoms with Crippen molar-refractivity contribution in [3.63, 3.8) is 0 Å². The molecule has 166 valence electrons. The van der Waals surface area contributed by atoms with E-state index >= 15 is 0 Å². The lowest BCUT2D eigenvalue weighted by Gasteiger charge is -2.57. The molecule has 7 rings (SSSR count). The molecule has 0 amide bonds. The summed E-state index contributed by atoms with van der Waals surface area (Å²) in [4.78, 5) is 0. The second-order valence-corrected chi connectivity index (χ2v) is 11.8. The molecule has 1 heterocycles. The average Bonchev–Trinajstić information content (AvgIpc) is 2.74. The first-order chi connectivity index (χ1) is 15.7. The van der Waals surface area contributed by atoms with Gasteiger partial charge in [-0.3, -0.25) is 0 Å². The van der Waals surface area contributed by atoms with Gasteiger partial charge < -0.3 is 0 Å². The highest BCUT2D eigenvalue weighted by atomic mass is 14.9. The number of nitrogens with zero attached hydrogens (tertiary/aromatic N) is 1. The van der Waals surface area contributed by atoms with E-state index < -0.39 is 0 Å². The van der Waals surface area contributed by atoms with Crippen molar-refractivity contribution in [3.8, 4) is 11.3 Å². The minimum Gasteiger partial charge on any atom is -0.198 e. The van der Waals surface area contributed by atoms with Crippen LogP contribution in [0.2, 0.25) is 0 Å². The summed E-state index contributed by atoms with van der Waals surface area (Å²) in [7, 11) is 2.14. The quantitative estimate of drug-likeness (QED) is 0.378. The minimum atomic E-state index is 0.363. The van der Waals surface area contributed by atoms with E-state index in [4.69, 9.17) is 1.37 Å². The van der Waals surface area contributed by atoms with E-state index in [1.54, 1.807) is 5.56 Å². The number of benzene rings is 2. The van der Waals surface area contributed by atoms with E-state index in [1.807, 2.05) is 0 Å². The molecule has 0 radical (unpaired) electrons. The fraction of sp³-hybridized carbons (Fsp3) is 0.516. The van der Waals surface area contributed by atoms with Crippen LogP contribution in [0.3, 0.4) is 0 Å². The standard InChI is InChI=1S/C31H38N/c1-18-7-19(2)22(5)27(8-18)30-28-9-20(3)29(14-26(28)10-21(4)32(30)6)31-15-23-11-24(16-31)13-25(12-23)17-31/h7-10,14,23-25H,11-13,15-17H2,1-6H3/q+1/i10D. The van der Waals surface area contributed by atoms with Crippen molar-refractivity contribution in [3.05, 3.63) is 63.8 Å². The summed E-state index contributed by atoms with van der Waals surface area (Å²) in [6, 6.07) is 10.2. The second kappa shape index (κ2) is 6.92. The third kappa shape index (κ3) is 2.93. The van der Waals surface area contributed by atoms with E-state index in [9.17, 15) is 0 Å². The number of pyridine rings is 1. The zero-order valence-electron chi connectivity index (χ0n) is 21.7. The summed E-state index contributed by atoms with van der Waals surface area (Å²) in [5.74, 6) is 2.81. The molecular weight excluding hydrogens is 386 g/mol. The van der Waals surface area contributed by atoms with Gasteiger partial charge in [-0.25, -0.2) is 0 Å². The van der Waals surface area contributed by atoms with Crippen molar-refractivity contribution < 1.29 is 5.94 Å². The van der Waals surface area contributed by atoms with Gasteiger partial charge in [-0.1, -0.05) is 11.6 Å². The monoisotopic (exact) mass is 425 g/mol. The Balaban J connectivity index is 1.62. The molecule has 32 heavy (non-hydrogen) atoms. The molecule has 0 atom stereocenters. The molecule has 0 unspecified atom stereocenters. The maximum atomic E-state index is 9.11. The van der Waals surface area contributed by atoms with Gasteiger partial charge in [0.2, 0.25) is 5.69 Å². The van der Waals surface area contributed by atoms with Crippen LogP contribution in [0.4, 0.5) is 0 Å². The maximum absolute atomic E-state index is 9.11. The number of aryl methyl sites for hydroxylation is 3. The Morgan fingerprint density at radius 1 is 0.844 bits per heavy atom. The molecule has 4 fully saturated rings. The van der Waals surface area contributed by atoms with Crippen molar-refractivity contribution in [1.29, 1.82) is 0 Å². The molecule has 4 saturated carbocycles. The predicted octanol–water partition coefficient (Wildman–Crippen LogP) is 7.34. The summed E-state index contributed by atoms with van der Waals surface area (Å²) < 4.78 is 11.4. The third-order valence-corrected chi connectivity index (χ3v) is 9.45. The Morgan fingerprint density at radius 2 is 1.47 bits per heavy atom. The van der Waals surface area contributed by atoms with E-state index in [0.29, 0.717) is 11.5 Å². The Labute approximate surface area is 195 Å². The molecule has 4 bridgehead atoms. The Morgan fingerprint density at radius 3 is 2.09 bits per heavy atom. The topological polar surface area (TPSA) is 3.88 Å². The van der Waals surface area contributed by atoms with Crippen LogP contribution in [0, 0.1) is 52.4 Å². The van der Waals surface area contributed by atoms with Crippen LogP contribution in [0.15, 0.2) is 30.3 Å². The summed E-state index contributed by atoms with van der Waals surface area (Å²) in [6.45, 7) is 11.1. The van der Waals surface area contributed by atoms with Gasteiger partial charge in [-0.05, 0) is 135 Å². The van der Waals surface area contributed by atoms with Crippen LogP contribution in [0.1, 0.15) is 73.4 Å². The van der Waals surface area contributed by atoms with Crippen molar-refractivity contribution in [2.24, 2.45) is 24.8 Å². The van der Waals surface area contributed by atoms with Crippen LogP contribution < -0.4 is 4.57 Å². The fourth-order valence-corrected chi connectivity index (χ4v) is 8.26. The van der Waals surface area contributed by atoms with Gasteiger partial charge in [-0.2, -0.15) is 4.57 Å². The van der Waals surface area contributed by atoms with Crippen molar-refractivity contribution in [1.82, 2.24) is 0 Å². The number of hydrogen-bond donors (Lipinski definition) is 0. The largest absolute Gasteiger partial charge is 0.220 e. The highest BCUT2D eigenvalue weighted by Crippen LogP contribution is 2.61. The molecule has 4 aliphatic rings. The Hall–Kier alpha value is -2.15. The average molecular weight is 426 g/mol. The molecule has 1 nitrogen and oxygen atoms in total. The van der Waals surface area contributed by atoms with Crippen molar-refractivity contribution >= 4 is 10.8 Å². The van der Waals surface area contributed by atoms with Gasteiger partial charge >= 0.3 is 0 Å². The van der Waals surface area contributed by atoms with Gasteiger partial charge in [0, 0.05) is 13.0 Å². The molecular formula is C31H38N+. The summed E-state index contributed by atoms with van der Waals surface area (Å²) in [6.07, 6.45) is 8.55. The normalized spacial score (nSPS) is 29.1. The summed E-state index contributed by atoms with van der Waals surface area (Å²) in [5, 5.41) is 2.39. The van der Waals surface area contributed by atoms with E-state index in [2.05, 4.69) is 70.5 Å². The Kier molecular flexibility index (Phi) is 4.18. The third-order valence-electron chi connectivity index (χ3n) is 9.45. The molecule has 0 spiro atoms. The van der Waals surface area contributed by atoms with Gasteiger partial charge in [0.1, 0.15) is 7.05 Å². The lowest BCUT2D eigenvalue weighted by Crippen LogP contribution is -2.48. The van der Waals surface area contributed by atoms with Gasteiger partial charge in [0.25, 0.3) is 0 Å². The molecule has 2 aromatic carbocycles. The number of rotatable bonds is 2. The zero-order valence-corrected chi connectivity index (χ0v) is 20.7. The van der Waals surface area contributed by atoms with E-state index in [0.717, 1.165) is 28.8 Å². The minimum absolute atomic E-state index is 0.363. The van der Waals surface area contributed by atoms with Gasteiger partial charge in [-0.15, -0.1) is 0 Å². The second-order valence-electron chi connectivity index (χ2n) is 11.8. The fourth-order valence-electron chi connectivity index (χ4n) is 8.26. The summed E-state index contributed by atoms with van der Waals surface area (Å²) in [5.41, 5.74) is 11.0. The van der Waals surface area contributed by atoms with Gasteiger partial charge in [0.15, 0.2) is 5.69 Å². The van der Waals surface area contributed by atoms with Crippen LogP contribution >= 0.6 is 0 Å². The molecule has 1 heteroatoms. The van der Waals surface area contributed by atoms with Crippen molar-refractivity contribution in [2.45, 2.75) is 78.6 Å². The lowest BCUT2D eigenvalue weighted by molar-refractivity contribution is -0.665. The molecule has 4 aliphatic carbocycles. The van der Waals surface area contributed by atoms with E-state index in [1.165, 1.54) is 77.4 Å². The first kappa shape index (κ1) is 19.3. The summed E-state index contributed by atoms with van der Waals surface area (Å²) >= 11 is 0. The lowest BCUT2D eigenvalue weighted by atomic mass is 9.47. The van der Waals surface area contributed by atoms with Crippen LogP contribution in [-0.4, -0.2) is 0 Å². The highest BCUT2D eigenvalue weighted by molar-refractivity contribution is 5.95. The molecule has 0 saturated heterocycles. The molecule has 1 aromatic heterocycles. The predicted molar refractivity (Wildman–Crippen MR) is 134 cm³/mol. The number of hydrogen-bond acceptors (Lipinski definition) is 0. The van der Waals surface area contributed by atoms with Crippen molar-refractivity contribution in [2.75, 3.05) is 0 Å². The number of fused-ring (bicyclic) bond motifs is 1. The van der Waals surface area contributed by atoms with Crippen LogP contribution in [0.25, 0.3) is 22.0 Å². The van der Waals surface area contributed by atoms with Crippen LogP contribution in [-0.2, 0) is 12.5 Å². The maximum Gasteiger partial charge on any atom is 0.220 e. The van der Waals surface area contributed by atoms with Gasteiger partial charge in [0.05, 0.1) is 12.3 Å². The number of aromatic nitrogens is 1. The molecule has 0 aliphatic heterocycles. The Bertz CT molecular complexity index is 1280. The molecule has 0 N–H and O–H groups in total.